The molecule has 0 saturated carbocycles. The van der Waals surface area contributed by atoms with E-state index in [-0.39, 0.29) is 37.4 Å². The van der Waals surface area contributed by atoms with Crippen molar-refractivity contribution in [3.05, 3.63) is 78.0 Å². The number of carbonyl (C=O) groups excluding carboxylic acids is 3. The van der Waals surface area contributed by atoms with Gasteiger partial charge in [0.1, 0.15) is 19.3 Å². The van der Waals surface area contributed by atoms with Crippen LogP contribution in [-0.4, -0.2) is 83.2 Å². The Labute approximate surface area is 234 Å². The topological polar surface area (TPSA) is 121 Å². The minimum absolute atomic E-state index is 0.0668. The summed E-state index contributed by atoms with van der Waals surface area (Å²) in [6, 6.07) is 16.5. The zero-order valence-electron chi connectivity index (χ0n) is 23.2. The zero-order valence-corrected chi connectivity index (χ0v) is 23.2. The van der Waals surface area contributed by atoms with Crippen molar-refractivity contribution in [2.75, 3.05) is 26.9 Å². The Kier molecular flexibility index (Phi) is 9.01. The fourth-order valence-electron chi connectivity index (χ4n) is 5.21. The van der Waals surface area contributed by atoms with Crippen molar-refractivity contribution < 1.29 is 29.0 Å². The Morgan fingerprint density at radius 1 is 1.15 bits per heavy atom. The molecule has 3 amide bonds. The highest BCUT2D eigenvalue weighted by Crippen LogP contribution is 2.36. The second kappa shape index (κ2) is 12.4. The van der Waals surface area contributed by atoms with Gasteiger partial charge in [0.2, 0.25) is 17.5 Å². The zero-order chi connectivity index (χ0) is 28.9. The summed E-state index contributed by atoms with van der Waals surface area (Å²) in [4.78, 5) is 47.6. The average molecular weight is 549 g/mol. The summed E-state index contributed by atoms with van der Waals surface area (Å²) in [5, 5.41) is 15.0. The van der Waals surface area contributed by atoms with Gasteiger partial charge in [0.05, 0.1) is 18.3 Å². The van der Waals surface area contributed by atoms with Crippen LogP contribution in [0.25, 0.3) is 5.70 Å². The number of nitrogens with zero attached hydrogens (tertiary/aromatic N) is 3. The lowest BCUT2D eigenvalue weighted by Gasteiger charge is -2.48. The van der Waals surface area contributed by atoms with Crippen molar-refractivity contribution in [3.8, 4) is 0 Å². The van der Waals surface area contributed by atoms with Crippen LogP contribution in [0.15, 0.2) is 71.9 Å². The molecule has 10 nitrogen and oxygen atoms in total. The van der Waals surface area contributed by atoms with Crippen LogP contribution in [0.1, 0.15) is 31.9 Å². The Morgan fingerprint density at radius 2 is 1.80 bits per heavy atom. The van der Waals surface area contributed by atoms with E-state index in [0.29, 0.717) is 17.8 Å². The van der Waals surface area contributed by atoms with E-state index in [1.54, 1.807) is 6.20 Å². The third kappa shape index (κ3) is 5.93. The van der Waals surface area contributed by atoms with Gasteiger partial charge >= 0.3 is 0 Å². The molecule has 2 aromatic rings. The third-order valence-corrected chi connectivity index (χ3v) is 6.91. The molecule has 2 N–H and O–H groups in total. The maximum Gasteiger partial charge on any atom is 0.253 e. The maximum atomic E-state index is 14.6. The van der Waals surface area contributed by atoms with E-state index in [2.05, 4.69) is 10.3 Å². The molecule has 2 heterocycles. The van der Waals surface area contributed by atoms with E-state index < -0.39 is 29.6 Å². The summed E-state index contributed by atoms with van der Waals surface area (Å²) in [6.45, 7) is 5.32. The standard InChI is InChI=1S/C30H36N4O6/c1-20(2)27-28(37)34(24(23-13-9-6-10-14-23)18-33(27)26(36)19-39-4)25(17-22-11-7-5-8-12-22)30(38,32-21(3)35)29-31-15-16-40-29/h5-14,18,20,25,27,38H,15-17,19H2,1-4H3,(H,32,35)/t25-,27?,30?/m0/s1. The van der Waals surface area contributed by atoms with E-state index in [0.717, 1.165) is 5.56 Å². The lowest BCUT2D eigenvalue weighted by Crippen LogP contribution is -2.70. The number of hydrogen-bond acceptors (Lipinski definition) is 7. The molecular weight excluding hydrogens is 512 g/mol. The summed E-state index contributed by atoms with van der Waals surface area (Å²) in [5.41, 5.74) is -0.322. The first-order valence-corrected chi connectivity index (χ1v) is 13.3. The lowest BCUT2D eigenvalue weighted by molar-refractivity contribution is -0.151. The van der Waals surface area contributed by atoms with E-state index in [1.165, 1.54) is 23.8 Å². The number of hydrogen-bond donors (Lipinski definition) is 2. The van der Waals surface area contributed by atoms with E-state index in [9.17, 15) is 19.5 Å². The molecule has 0 spiro atoms. The number of methoxy groups -OCH3 is 1. The molecule has 0 aliphatic carbocycles. The first kappa shape index (κ1) is 29.0. The number of rotatable bonds is 10. The molecule has 2 unspecified atom stereocenters. The highest BCUT2D eigenvalue weighted by molar-refractivity contribution is 5.99. The first-order chi connectivity index (χ1) is 19.2. The minimum Gasteiger partial charge on any atom is -0.475 e. The molecule has 0 aromatic heterocycles. The van der Waals surface area contributed by atoms with Crippen molar-refractivity contribution in [1.82, 2.24) is 15.1 Å². The highest BCUT2D eigenvalue weighted by Gasteiger charge is 2.53. The van der Waals surface area contributed by atoms with Gasteiger partial charge in [-0.2, -0.15) is 0 Å². The Morgan fingerprint density at radius 3 is 2.35 bits per heavy atom. The minimum atomic E-state index is -2.16. The lowest BCUT2D eigenvalue weighted by atomic mass is 9.89. The van der Waals surface area contributed by atoms with E-state index in [1.807, 2.05) is 74.5 Å². The van der Waals surface area contributed by atoms with Crippen LogP contribution in [0.3, 0.4) is 0 Å². The quantitative estimate of drug-likeness (QED) is 0.439. The Balaban J connectivity index is 1.98. The van der Waals surface area contributed by atoms with Gasteiger partial charge in [0.25, 0.3) is 11.8 Å². The van der Waals surface area contributed by atoms with E-state index in [4.69, 9.17) is 9.47 Å². The average Bonchev–Trinajstić information content (AvgIpc) is 3.48. The fraction of sp³-hybridized carbons (Fsp3) is 0.400. The summed E-state index contributed by atoms with van der Waals surface area (Å²) < 4.78 is 10.8. The number of ether oxygens (including phenoxy) is 2. The Bertz CT molecular complexity index is 1280. The van der Waals surface area contributed by atoms with Gasteiger partial charge in [-0.1, -0.05) is 74.5 Å². The molecule has 212 valence electrons. The molecule has 40 heavy (non-hydrogen) atoms. The molecule has 3 atom stereocenters. The third-order valence-electron chi connectivity index (χ3n) is 6.91. The molecule has 2 aromatic carbocycles. The summed E-state index contributed by atoms with van der Waals surface area (Å²) >= 11 is 0. The van der Waals surface area contributed by atoms with Gasteiger partial charge in [-0.25, -0.2) is 4.99 Å². The van der Waals surface area contributed by atoms with Gasteiger partial charge in [-0.15, -0.1) is 0 Å². The number of benzene rings is 2. The molecule has 4 rings (SSSR count). The van der Waals surface area contributed by atoms with Crippen LogP contribution < -0.4 is 5.32 Å². The van der Waals surface area contributed by atoms with Gasteiger partial charge in [-0.05, 0) is 23.5 Å². The molecule has 10 heteroatoms. The molecule has 0 saturated heterocycles. The molecule has 2 aliphatic rings. The van der Waals surface area contributed by atoms with Gasteiger partial charge in [0.15, 0.2) is 0 Å². The number of amides is 3. The van der Waals surface area contributed by atoms with Crippen LogP contribution in [0.2, 0.25) is 0 Å². The predicted octanol–water partition coefficient (Wildman–Crippen LogP) is 2.19. The molecule has 2 aliphatic heterocycles. The second-order valence-electron chi connectivity index (χ2n) is 10.2. The van der Waals surface area contributed by atoms with Crippen molar-refractivity contribution in [2.24, 2.45) is 10.9 Å². The van der Waals surface area contributed by atoms with Gasteiger partial charge in [-0.3, -0.25) is 19.3 Å². The molecule has 0 radical (unpaired) electrons. The normalized spacial score (nSPS) is 19.4. The fourth-order valence-corrected chi connectivity index (χ4v) is 5.21. The second-order valence-corrected chi connectivity index (χ2v) is 10.2. The van der Waals surface area contributed by atoms with Gasteiger partial charge < -0.3 is 24.8 Å². The summed E-state index contributed by atoms with van der Waals surface area (Å²) in [6.07, 6.45) is 1.78. The number of nitrogens with one attached hydrogen (secondary N) is 1. The Hall–Kier alpha value is -4.02. The number of aliphatic hydroxyl groups is 1. The molecule has 0 bridgehead atoms. The van der Waals surface area contributed by atoms with Crippen LogP contribution in [0.4, 0.5) is 0 Å². The SMILES string of the molecule is COCC(=O)N1C=C(c2ccccc2)N([C@@H](Cc2ccccc2)C(O)(NC(C)=O)C2=NCCO2)C(=O)C1C(C)C. The van der Waals surface area contributed by atoms with Crippen LogP contribution in [-0.2, 0) is 30.3 Å². The monoisotopic (exact) mass is 548 g/mol. The van der Waals surface area contributed by atoms with Crippen molar-refractivity contribution in [2.45, 2.75) is 45.0 Å². The number of carbonyl (C=O) groups is 3. The molecule has 0 fully saturated rings. The molecular formula is C30H36N4O6. The first-order valence-electron chi connectivity index (χ1n) is 13.3. The van der Waals surface area contributed by atoms with Crippen LogP contribution in [0, 0.1) is 5.92 Å². The smallest absolute Gasteiger partial charge is 0.253 e. The largest absolute Gasteiger partial charge is 0.475 e. The summed E-state index contributed by atoms with van der Waals surface area (Å²) in [5.74, 6) is -1.66. The van der Waals surface area contributed by atoms with Crippen molar-refractivity contribution >= 4 is 29.3 Å². The predicted molar refractivity (Wildman–Crippen MR) is 150 cm³/mol. The van der Waals surface area contributed by atoms with E-state index >= 15 is 0 Å². The van der Waals surface area contributed by atoms with Crippen LogP contribution in [0.5, 0.6) is 0 Å². The number of aliphatic imine (C=N–C) groups is 1. The van der Waals surface area contributed by atoms with Crippen LogP contribution >= 0.6 is 0 Å². The van der Waals surface area contributed by atoms with Crippen molar-refractivity contribution in [1.29, 1.82) is 0 Å². The maximum absolute atomic E-state index is 14.6. The van der Waals surface area contributed by atoms with Crippen molar-refractivity contribution in [3.63, 3.8) is 0 Å². The summed E-state index contributed by atoms with van der Waals surface area (Å²) in [7, 11) is 1.42. The van der Waals surface area contributed by atoms with Gasteiger partial charge in [0, 0.05) is 20.2 Å². The highest BCUT2D eigenvalue weighted by atomic mass is 16.5.